The van der Waals surface area contributed by atoms with Crippen LogP contribution in [0.1, 0.15) is 5.56 Å². The molecule has 3 aromatic rings. The van der Waals surface area contributed by atoms with E-state index in [4.69, 9.17) is 5.11 Å². The van der Waals surface area contributed by atoms with Gasteiger partial charge in [-0.25, -0.2) is 9.97 Å². The average Bonchev–Trinajstić information content (AvgIpc) is 2.48. The van der Waals surface area contributed by atoms with Crippen molar-refractivity contribution in [2.24, 2.45) is 0 Å². The van der Waals surface area contributed by atoms with Crippen LogP contribution in [0.4, 0.5) is 11.5 Å². The van der Waals surface area contributed by atoms with Crippen molar-refractivity contribution >= 4 is 22.4 Å². The Morgan fingerprint density at radius 3 is 2.79 bits per heavy atom. The fraction of sp³-hybridized carbons (Fsp3) is 0.0667. The minimum absolute atomic E-state index is 0.0278. The van der Waals surface area contributed by atoms with E-state index in [-0.39, 0.29) is 6.61 Å². The molecular weight excluding hydrogens is 238 g/mol. The second-order valence-corrected chi connectivity index (χ2v) is 4.22. The largest absolute Gasteiger partial charge is 0.392 e. The molecule has 1 aromatic heterocycles. The SMILES string of the molecule is OCc1cccc(Nc2ncnc3ccccc23)c1. The van der Waals surface area contributed by atoms with Gasteiger partial charge in [0.2, 0.25) is 0 Å². The zero-order valence-electron chi connectivity index (χ0n) is 10.2. The summed E-state index contributed by atoms with van der Waals surface area (Å²) in [7, 11) is 0. The van der Waals surface area contributed by atoms with Crippen molar-refractivity contribution in [3.05, 3.63) is 60.4 Å². The molecule has 0 amide bonds. The van der Waals surface area contributed by atoms with E-state index >= 15 is 0 Å². The summed E-state index contributed by atoms with van der Waals surface area (Å²) in [5.74, 6) is 0.765. The van der Waals surface area contributed by atoms with Crippen LogP contribution in [-0.4, -0.2) is 15.1 Å². The topological polar surface area (TPSA) is 58.0 Å². The van der Waals surface area contributed by atoms with Crippen molar-refractivity contribution in [2.45, 2.75) is 6.61 Å². The van der Waals surface area contributed by atoms with Crippen LogP contribution in [0.2, 0.25) is 0 Å². The standard InChI is InChI=1S/C15H13N3O/c19-9-11-4-3-5-12(8-11)18-15-13-6-1-2-7-14(13)16-10-17-15/h1-8,10,19H,9H2,(H,16,17,18). The summed E-state index contributed by atoms with van der Waals surface area (Å²) in [5, 5.41) is 13.4. The van der Waals surface area contributed by atoms with Gasteiger partial charge < -0.3 is 10.4 Å². The number of aromatic nitrogens is 2. The Balaban J connectivity index is 2.01. The minimum Gasteiger partial charge on any atom is -0.392 e. The van der Waals surface area contributed by atoms with Gasteiger partial charge >= 0.3 is 0 Å². The predicted octanol–water partition coefficient (Wildman–Crippen LogP) is 2.87. The lowest BCUT2D eigenvalue weighted by atomic mass is 10.2. The van der Waals surface area contributed by atoms with Crippen LogP contribution in [0.3, 0.4) is 0 Å². The van der Waals surface area contributed by atoms with E-state index < -0.39 is 0 Å². The maximum Gasteiger partial charge on any atom is 0.141 e. The molecule has 0 unspecified atom stereocenters. The average molecular weight is 251 g/mol. The summed E-state index contributed by atoms with van der Waals surface area (Å²) < 4.78 is 0. The summed E-state index contributed by atoms with van der Waals surface area (Å²) >= 11 is 0. The number of aliphatic hydroxyl groups excluding tert-OH is 1. The van der Waals surface area contributed by atoms with E-state index in [0.29, 0.717) is 0 Å². The first-order chi connectivity index (χ1) is 9.36. The van der Waals surface area contributed by atoms with Crippen LogP contribution < -0.4 is 5.32 Å². The second kappa shape index (κ2) is 5.04. The van der Waals surface area contributed by atoms with Crippen molar-refractivity contribution in [2.75, 3.05) is 5.32 Å². The number of hydrogen-bond acceptors (Lipinski definition) is 4. The Kier molecular flexibility index (Phi) is 3.08. The van der Waals surface area contributed by atoms with Gasteiger partial charge in [0, 0.05) is 11.1 Å². The number of nitrogens with one attached hydrogen (secondary N) is 1. The van der Waals surface area contributed by atoms with E-state index in [9.17, 15) is 0 Å². The molecule has 0 aliphatic rings. The van der Waals surface area contributed by atoms with Gasteiger partial charge in [-0.2, -0.15) is 0 Å². The molecule has 0 atom stereocenters. The van der Waals surface area contributed by atoms with Crippen molar-refractivity contribution in [3.8, 4) is 0 Å². The zero-order chi connectivity index (χ0) is 13.1. The molecule has 94 valence electrons. The molecule has 2 aromatic carbocycles. The third-order valence-corrected chi connectivity index (χ3v) is 2.92. The zero-order valence-corrected chi connectivity index (χ0v) is 10.2. The van der Waals surface area contributed by atoms with Crippen LogP contribution in [0, 0.1) is 0 Å². The highest BCUT2D eigenvalue weighted by molar-refractivity contribution is 5.90. The molecule has 0 aliphatic carbocycles. The number of hydrogen-bond donors (Lipinski definition) is 2. The highest BCUT2D eigenvalue weighted by Crippen LogP contribution is 2.22. The second-order valence-electron chi connectivity index (χ2n) is 4.22. The predicted molar refractivity (Wildman–Crippen MR) is 75.2 cm³/mol. The van der Waals surface area contributed by atoms with Crippen LogP contribution in [-0.2, 0) is 6.61 Å². The summed E-state index contributed by atoms with van der Waals surface area (Å²) in [6.07, 6.45) is 1.54. The molecule has 4 nitrogen and oxygen atoms in total. The van der Waals surface area contributed by atoms with Crippen molar-refractivity contribution in [1.82, 2.24) is 9.97 Å². The number of para-hydroxylation sites is 1. The van der Waals surface area contributed by atoms with E-state index in [1.807, 2.05) is 48.5 Å². The van der Waals surface area contributed by atoms with Crippen LogP contribution in [0.5, 0.6) is 0 Å². The third kappa shape index (κ3) is 2.39. The summed E-state index contributed by atoms with van der Waals surface area (Å²) in [4.78, 5) is 8.50. The lowest BCUT2D eigenvalue weighted by Gasteiger charge is -2.09. The number of aliphatic hydroxyl groups is 1. The van der Waals surface area contributed by atoms with E-state index in [1.54, 1.807) is 6.33 Å². The highest BCUT2D eigenvalue weighted by atomic mass is 16.3. The molecule has 1 heterocycles. The summed E-state index contributed by atoms with van der Waals surface area (Å²) in [5.41, 5.74) is 2.66. The lowest BCUT2D eigenvalue weighted by Crippen LogP contribution is -1.96. The quantitative estimate of drug-likeness (QED) is 0.751. The van der Waals surface area contributed by atoms with Gasteiger partial charge in [-0.05, 0) is 29.8 Å². The number of anilines is 2. The van der Waals surface area contributed by atoms with Gasteiger partial charge in [0.25, 0.3) is 0 Å². The molecule has 0 aliphatic heterocycles. The first-order valence-corrected chi connectivity index (χ1v) is 6.03. The maximum atomic E-state index is 9.15. The molecule has 2 N–H and O–H groups in total. The van der Waals surface area contributed by atoms with Crippen LogP contribution in [0.15, 0.2) is 54.9 Å². The Bertz CT molecular complexity index is 707. The maximum absolute atomic E-state index is 9.15. The molecule has 0 fully saturated rings. The monoisotopic (exact) mass is 251 g/mol. The number of benzene rings is 2. The fourth-order valence-corrected chi connectivity index (χ4v) is 1.99. The molecule has 4 heteroatoms. The Labute approximate surface area is 110 Å². The van der Waals surface area contributed by atoms with E-state index in [0.717, 1.165) is 28.0 Å². The number of rotatable bonds is 3. The molecular formula is C15H13N3O. The van der Waals surface area contributed by atoms with Crippen molar-refractivity contribution in [1.29, 1.82) is 0 Å². The Morgan fingerprint density at radius 1 is 1.00 bits per heavy atom. The molecule has 0 spiro atoms. The minimum atomic E-state index is 0.0278. The molecule has 3 rings (SSSR count). The number of fused-ring (bicyclic) bond motifs is 1. The van der Waals surface area contributed by atoms with Gasteiger partial charge in [0.1, 0.15) is 12.1 Å². The molecule has 19 heavy (non-hydrogen) atoms. The van der Waals surface area contributed by atoms with Crippen LogP contribution >= 0.6 is 0 Å². The van der Waals surface area contributed by atoms with Crippen molar-refractivity contribution in [3.63, 3.8) is 0 Å². The summed E-state index contributed by atoms with van der Waals surface area (Å²) in [6, 6.07) is 15.5. The van der Waals surface area contributed by atoms with E-state index in [1.165, 1.54) is 0 Å². The van der Waals surface area contributed by atoms with Gasteiger partial charge in [-0.15, -0.1) is 0 Å². The van der Waals surface area contributed by atoms with Crippen molar-refractivity contribution < 1.29 is 5.11 Å². The lowest BCUT2D eigenvalue weighted by molar-refractivity contribution is 0.282. The van der Waals surface area contributed by atoms with Gasteiger partial charge in [0.05, 0.1) is 12.1 Å². The first-order valence-electron chi connectivity index (χ1n) is 6.03. The molecule has 0 radical (unpaired) electrons. The highest BCUT2D eigenvalue weighted by Gasteiger charge is 2.03. The molecule has 0 saturated carbocycles. The van der Waals surface area contributed by atoms with Gasteiger partial charge in [0.15, 0.2) is 0 Å². The molecule has 0 saturated heterocycles. The third-order valence-electron chi connectivity index (χ3n) is 2.92. The van der Waals surface area contributed by atoms with Crippen LogP contribution in [0.25, 0.3) is 10.9 Å². The Hall–Kier alpha value is -2.46. The Morgan fingerprint density at radius 2 is 1.89 bits per heavy atom. The smallest absolute Gasteiger partial charge is 0.141 e. The number of nitrogens with zero attached hydrogens (tertiary/aromatic N) is 2. The first kappa shape index (κ1) is 11.6. The summed E-state index contributed by atoms with van der Waals surface area (Å²) in [6.45, 7) is 0.0278. The van der Waals surface area contributed by atoms with Gasteiger partial charge in [-0.1, -0.05) is 24.3 Å². The fourth-order valence-electron chi connectivity index (χ4n) is 1.99. The van der Waals surface area contributed by atoms with E-state index in [2.05, 4.69) is 15.3 Å². The normalized spacial score (nSPS) is 10.6. The van der Waals surface area contributed by atoms with Gasteiger partial charge in [-0.3, -0.25) is 0 Å². The molecule has 0 bridgehead atoms.